The van der Waals surface area contributed by atoms with Gasteiger partial charge < -0.3 is 14.5 Å². The lowest BCUT2D eigenvalue weighted by molar-refractivity contribution is 0.299. The minimum atomic E-state index is -4.09. The molecule has 0 fully saturated rings. The second-order valence-electron chi connectivity index (χ2n) is 3.21. The van der Waals surface area contributed by atoms with Crippen molar-refractivity contribution in [3.05, 3.63) is 29.3 Å². The molecule has 1 aromatic rings. The number of aryl methyl sites for hydroxylation is 2. The fourth-order valence-electron chi connectivity index (χ4n) is 1.11. The van der Waals surface area contributed by atoms with E-state index in [1.165, 1.54) is 0 Å². The first-order valence-corrected chi connectivity index (χ1v) is 5.93. The van der Waals surface area contributed by atoms with Gasteiger partial charge in [-0.1, -0.05) is 17.7 Å². The van der Waals surface area contributed by atoms with E-state index in [0.29, 0.717) is 5.75 Å². The van der Waals surface area contributed by atoms with E-state index in [9.17, 15) is 4.57 Å². The maximum atomic E-state index is 10.6. The zero-order valence-corrected chi connectivity index (χ0v) is 8.99. The van der Waals surface area contributed by atoms with Crippen molar-refractivity contribution in [1.82, 2.24) is 0 Å². The number of hydrogen-bond donors (Lipinski definition) is 2. The predicted octanol–water partition coefficient (Wildman–Crippen LogP) is 1.82. The fraction of sp³-hybridized carbons (Fsp3) is 0.333. The zero-order valence-electron chi connectivity index (χ0n) is 8.10. The molecule has 0 saturated heterocycles. The summed E-state index contributed by atoms with van der Waals surface area (Å²) in [6, 6.07) is 5.44. The van der Waals surface area contributed by atoms with Crippen LogP contribution in [0.2, 0.25) is 0 Å². The summed E-state index contributed by atoms with van der Waals surface area (Å²) < 4.78 is 15.5. The van der Waals surface area contributed by atoms with Crippen molar-refractivity contribution in [3.63, 3.8) is 0 Å². The lowest BCUT2D eigenvalue weighted by Crippen LogP contribution is -1.99. The summed E-state index contributed by atoms with van der Waals surface area (Å²) in [5, 5.41) is 0. The van der Waals surface area contributed by atoms with Crippen molar-refractivity contribution in [1.29, 1.82) is 0 Å². The SMILES string of the molecule is Cc1ccc(OCP(=O)(O)O)c(C)c1. The first-order valence-electron chi connectivity index (χ1n) is 4.13. The molecule has 2 N–H and O–H groups in total. The highest BCUT2D eigenvalue weighted by Gasteiger charge is 2.14. The molecule has 0 saturated carbocycles. The summed E-state index contributed by atoms with van der Waals surface area (Å²) in [5.41, 5.74) is 1.96. The lowest BCUT2D eigenvalue weighted by atomic mass is 10.1. The van der Waals surface area contributed by atoms with Gasteiger partial charge in [0, 0.05) is 0 Å². The van der Waals surface area contributed by atoms with E-state index >= 15 is 0 Å². The van der Waals surface area contributed by atoms with Crippen molar-refractivity contribution in [2.75, 3.05) is 6.35 Å². The van der Waals surface area contributed by atoms with E-state index in [0.717, 1.165) is 11.1 Å². The Balaban J connectivity index is 2.73. The summed E-state index contributed by atoms with van der Waals surface area (Å²) in [6.45, 7) is 3.78. The van der Waals surface area contributed by atoms with Gasteiger partial charge in [0.2, 0.25) is 0 Å². The third-order valence-electron chi connectivity index (χ3n) is 1.72. The van der Waals surface area contributed by atoms with Gasteiger partial charge in [0.15, 0.2) is 6.35 Å². The Kier molecular flexibility index (Phi) is 3.32. The maximum absolute atomic E-state index is 10.6. The largest absolute Gasteiger partial charge is 0.481 e. The van der Waals surface area contributed by atoms with Crippen molar-refractivity contribution >= 4 is 7.60 Å². The quantitative estimate of drug-likeness (QED) is 0.756. The van der Waals surface area contributed by atoms with Crippen LogP contribution < -0.4 is 4.74 Å². The summed E-state index contributed by atoms with van der Waals surface area (Å²) in [5.74, 6) is 0.513. The standard InChI is InChI=1S/C9H13O4P/c1-7-3-4-9(8(2)5-7)13-6-14(10,11)12/h3-5H,6H2,1-2H3,(H2,10,11,12). The summed E-state index contributed by atoms with van der Waals surface area (Å²) in [6.07, 6.45) is -0.573. The predicted molar refractivity (Wildman–Crippen MR) is 53.5 cm³/mol. The second-order valence-corrected chi connectivity index (χ2v) is 4.79. The monoisotopic (exact) mass is 216 g/mol. The van der Waals surface area contributed by atoms with Crippen LogP contribution in [0.15, 0.2) is 18.2 Å². The van der Waals surface area contributed by atoms with Crippen LogP contribution >= 0.6 is 7.60 Å². The van der Waals surface area contributed by atoms with E-state index in [1.807, 2.05) is 26.0 Å². The Morgan fingerprint density at radius 2 is 2.00 bits per heavy atom. The Labute approximate surface area is 82.7 Å². The van der Waals surface area contributed by atoms with Gasteiger partial charge in [-0.2, -0.15) is 0 Å². The van der Waals surface area contributed by atoms with Gasteiger partial charge >= 0.3 is 7.60 Å². The molecule has 0 radical (unpaired) electrons. The van der Waals surface area contributed by atoms with Crippen LogP contribution in [0.25, 0.3) is 0 Å². The van der Waals surface area contributed by atoms with Gasteiger partial charge in [-0.15, -0.1) is 0 Å². The number of benzene rings is 1. The van der Waals surface area contributed by atoms with Crippen LogP contribution in [0.5, 0.6) is 5.75 Å². The second kappa shape index (κ2) is 4.13. The molecule has 0 unspecified atom stereocenters. The van der Waals surface area contributed by atoms with Gasteiger partial charge in [0.05, 0.1) is 0 Å². The molecule has 0 aliphatic heterocycles. The van der Waals surface area contributed by atoms with Crippen LogP contribution in [-0.2, 0) is 4.57 Å². The Morgan fingerprint density at radius 3 is 2.50 bits per heavy atom. The number of ether oxygens (including phenoxy) is 1. The molecule has 1 aromatic carbocycles. The highest BCUT2D eigenvalue weighted by Crippen LogP contribution is 2.35. The van der Waals surface area contributed by atoms with Crippen molar-refractivity contribution in [2.45, 2.75) is 13.8 Å². The lowest BCUT2D eigenvalue weighted by Gasteiger charge is -2.10. The normalized spacial score (nSPS) is 11.4. The molecule has 0 bridgehead atoms. The average molecular weight is 216 g/mol. The number of hydrogen-bond acceptors (Lipinski definition) is 2. The molecule has 0 aliphatic rings. The molecule has 78 valence electrons. The van der Waals surface area contributed by atoms with E-state index in [2.05, 4.69) is 0 Å². The molecule has 14 heavy (non-hydrogen) atoms. The summed E-state index contributed by atoms with van der Waals surface area (Å²) >= 11 is 0. The third kappa shape index (κ3) is 3.50. The smallest absolute Gasteiger partial charge is 0.362 e. The molecule has 0 aromatic heterocycles. The van der Waals surface area contributed by atoms with Crippen molar-refractivity contribution in [3.8, 4) is 5.75 Å². The first kappa shape index (κ1) is 11.2. The Morgan fingerprint density at radius 1 is 1.36 bits per heavy atom. The van der Waals surface area contributed by atoms with E-state index < -0.39 is 13.9 Å². The molecule has 5 heteroatoms. The summed E-state index contributed by atoms with van der Waals surface area (Å²) in [7, 11) is -4.09. The molecule has 0 heterocycles. The van der Waals surface area contributed by atoms with Gasteiger partial charge in [0.25, 0.3) is 0 Å². The van der Waals surface area contributed by atoms with E-state index in [-0.39, 0.29) is 0 Å². The molecular weight excluding hydrogens is 203 g/mol. The highest BCUT2D eigenvalue weighted by molar-refractivity contribution is 7.51. The van der Waals surface area contributed by atoms with Crippen LogP contribution in [0.1, 0.15) is 11.1 Å². The summed E-state index contributed by atoms with van der Waals surface area (Å²) in [4.78, 5) is 17.2. The minimum absolute atomic E-state index is 0.513. The van der Waals surface area contributed by atoms with Gasteiger partial charge in [-0.25, -0.2) is 0 Å². The molecule has 1 rings (SSSR count). The van der Waals surface area contributed by atoms with Crippen LogP contribution in [0.3, 0.4) is 0 Å². The first-order chi connectivity index (χ1) is 6.38. The maximum Gasteiger partial charge on any atom is 0.362 e. The van der Waals surface area contributed by atoms with Crippen molar-refractivity contribution in [2.24, 2.45) is 0 Å². The highest BCUT2D eigenvalue weighted by atomic mass is 31.2. The molecule has 0 amide bonds. The third-order valence-corrected chi connectivity index (χ3v) is 2.18. The molecule has 0 atom stereocenters. The topological polar surface area (TPSA) is 66.8 Å². The van der Waals surface area contributed by atoms with Crippen LogP contribution in [-0.4, -0.2) is 16.1 Å². The van der Waals surface area contributed by atoms with Crippen LogP contribution in [0.4, 0.5) is 0 Å². The van der Waals surface area contributed by atoms with E-state index in [4.69, 9.17) is 14.5 Å². The zero-order chi connectivity index (χ0) is 10.8. The van der Waals surface area contributed by atoms with Crippen molar-refractivity contribution < 1.29 is 19.1 Å². The van der Waals surface area contributed by atoms with Gasteiger partial charge in [-0.05, 0) is 25.5 Å². The Hall–Kier alpha value is -0.830. The van der Waals surface area contributed by atoms with Gasteiger partial charge in [0.1, 0.15) is 5.75 Å². The van der Waals surface area contributed by atoms with Crippen LogP contribution in [0, 0.1) is 13.8 Å². The Bertz CT molecular complexity index is 369. The molecule has 0 aliphatic carbocycles. The molecular formula is C9H13O4P. The minimum Gasteiger partial charge on any atom is -0.481 e. The fourth-order valence-corrected chi connectivity index (χ4v) is 1.42. The molecule has 4 nitrogen and oxygen atoms in total. The van der Waals surface area contributed by atoms with E-state index in [1.54, 1.807) is 6.07 Å². The average Bonchev–Trinajstić information content (AvgIpc) is 2.00. The number of rotatable bonds is 3. The molecule has 0 spiro atoms. The van der Waals surface area contributed by atoms with Gasteiger partial charge in [-0.3, -0.25) is 4.57 Å².